The Balaban J connectivity index is 1.64. The first-order chi connectivity index (χ1) is 13.9. The van der Waals surface area contributed by atoms with E-state index >= 15 is 0 Å². The average Bonchev–Trinajstić information content (AvgIpc) is 3.24. The van der Waals surface area contributed by atoms with Gasteiger partial charge in [-0.1, -0.05) is 17.7 Å². The Bertz CT molecular complexity index is 1080. The summed E-state index contributed by atoms with van der Waals surface area (Å²) in [5.41, 5.74) is 3.55. The van der Waals surface area contributed by atoms with Crippen LogP contribution >= 0.6 is 0 Å². The first-order valence-corrected chi connectivity index (χ1v) is 9.22. The van der Waals surface area contributed by atoms with Gasteiger partial charge in [0.1, 0.15) is 5.82 Å². The Morgan fingerprint density at radius 3 is 2.41 bits per heavy atom. The molecule has 2 unspecified atom stereocenters. The van der Waals surface area contributed by atoms with Gasteiger partial charge in [0.05, 0.1) is 5.70 Å². The number of guanidine groups is 1. The summed E-state index contributed by atoms with van der Waals surface area (Å²) in [5.74, 6) is -0.156. The largest absolute Gasteiger partial charge is 0.325 e. The topological polar surface area (TPSA) is 68.2 Å². The van der Waals surface area contributed by atoms with Crippen molar-refractivity contribution in [3.05, 3.63) is 71.7 Å². The van der Waals surface area contributed by atoms with Gasteiger partial charge in [0.15, 0.2) is 12.2 Å². The molecule has 2 aromatic rings. The molecule has 7 nitrogen and oxygen atoms in total. The number of fused-ring (bicyclic) bond motifs is 3. The van der Waals surface area contributed by atoms with Gasteiger partial charge in [0.2, 0.25) is 5.96 Å². The van der Waals surface area contributed by atoms with Gasteiger partial charge in [-0.2, -0.15) is 0 Å². The summed E-state index contributed by atoms with van der Waals surface area (Å²) in [7, 11) is 1.62. The maximum Gasteiger partial charge on any atom is 0.325 e. The van der Waals surface area contributed by atoms with Crippen LogP contribution < -0.4 is 10.2 Å². The smallest absolute Gasteiger partial charge is 0.303 e. The zero-order chi connectivity index (χ0) is 20.3. The highest BCUT2D eigenvalue weighted by molar-refractivity contribution is 6.16. The number of rotatable bonds is 2. The monoisotopic (exact) mass is 391 g/mol. The van der Waals surface area contributed by atoms with Gasteiger partial charge in [-0.3, -0.25) is 19.9 Å². The lowest BCUT2D eigenvalue weighted by Gasteiger charge is -2.34. The summed E-state index contributed by atoms with van der Waals surface area (Å²) in [6.45, 7) is 2.00. The number of urea groups is 1. The molecule has 146 valence electrons. The van der Waals surface area contributed by atoms with E-state index < -0.39 is 24.1 Å². The molecule has 29 heavy (non-hydrogen) atoms. The second-order valence-electron chi connectivity index (χ2n) is 7.29. The minimum absolute atomic E-state index is 0.320. The number of imide groups is 1. The van der Waals surface area contributed by atoms with Crippen LogP contribution in [-0.2, 0) is 4.79 Å². The quantitative estimate of drug-likeness (QED) is 0.854. The molecule has 2 atom stereocenters. The van der Waals surface area contributed by atoms with Crippen molar-refractivity contribution in [1.82, 2.24) is 15.1 Å². The maximum atomic E-state index is 13.5. The lowest BCUT2D eigenvalue weighted by Crippen LogP contribution is -2.62. The van der Waals surface area contributed by atoms with Crippen molar-refractivity contribution < 1.29 is 14.0 Å². The number of likely N-dealkylation sites (N-methyl/N-ethyl adjacent to an activating group) is 1. The maximum absolute atomic E-state index is 13.5. The molecule has 3 aliphatic heterocycles. The van der Waals surface area contributed by atoms with Crippen LogP contribution in [0.15, 0.2) is 59.7 Å². The molecule has 8 heteroatoms. The summed E-state index contributed by atoms with van der Waals surface area (Å²) in [6, 6.07) is 13.0. The summed E-state index contributed by atoms with van der Waals surface area (Å²) in [6.07, 6.45) is 1.23. The third-order valence-corrected chi connectivity index (χ3v) is 5.41. The number of amides is 3. The fraction of sp³-hybridized carbons (Fsp3) is 0.190. The average molecular weight is 391 g/mol. The van der Waals surface area contributed by atoms with Gasteiger partial charge in [0.25, 0.3) is 5.91 Å². The van der Waals surface area contributed by atoms with E-state index in [4.69, 9.17) is 4.99 Å². The fourth-order valence-electron chi connectivity index (χ4n) is 3.85. The molecule has 1 saturated heterocycles. The second-order valence-corrected chi connectivity index (χ2v) is 7.29. The van der Waals surface area contributed by atoms with Crippen LogP contribution in [0.5, 0.6) is 0 Å². The molecule has 0 aromatic heterocycles. The van der Waals surface area contributed by atoms with E-state index in [2.05, 4.69) is 5.32 Å². The molecule has 3 amide bonds. The number of nitrogens with one attached hydrogen (secondary N) is 1. The Morgan fingerprint density at radius 2 is 1.72 bits per heavy atom. The zero-order valence-electron chi connectivity index (χ0n) is 15.8. The molecule has 3 aliphatic rings. The van der Waals surface area contributed by atoms with Crippen molar-refractivity contribution in [3.8, 4) is 0 Å². The third kappa shape index (κ3) is 2.60. The predicted octanol–water partition coefficient (Wildman–Crippen LogP) is 2.50. The van der Waals surface area contributed by atoms with Crippen molar-refractivity contribution in [3.63, 3.8) is 0 Å². The number of carbonyl (C=O) groups is 2. The van der Waals surface area contributed by atoms with E-state index in [0.717, 1.165) is 22.5 Å². The van der Waals surface area contributed by atoms with Gasteiger partial charge >= 0.3 is 6.03 Å². The van der Waals surface area contributed by atoms with Crippen LogP contribution in [0.2, 0.25) is 0 Å². The van der Waals surface area contributed by atoms with E-state index in [1.165, 1.54) is 17.0 Å². The lowest BCUT2D eigenvalue weighted by molar-refractivity contribution is -0.126. The van der Waals surface area contributed by atoms with Crippen LogP contribution in [-0.4, -0.2) is 47.0 Å². The number of aliphatic imine (C=N–C) groups is 1. The number of benzene rings is 2. The van der Waals surface area contributed by atoms with E-state index in [0.29, 0.717) is 5.96 Å². The number of anilines is 1. The highest BCUT2D eigenvalue weighted by Crippen LogP contribution is 2.39. The molecule has 0 aliphatic carbocycles. The van der Waals surface area contributed by atoms with Crippen LogP contribution in [0, 0.1) is 12.7 Å². The molecule has 2 aromatic carbocycles. The highest BCUT2D eigenvalue weighted by atomic mass is 19.1. The third-order valence-electron chi connectivity index (χ3n) is 5.41. The summed E-state index contributed by atoms with van der Waals surface area (Å²) in [5, 5.41) is 2.37. The number of aryl methyl sites for hydroxylation is 1. The predicted molar refractivity (Wildman–Crippen MR) is 106 cm³/mol. The van der Waals surface area contributed by atoms with Gasteiger partial charge in [0, 0.05) is 24.5 Å². The van der Waals surface area contributed by atoms with Crippen molar-refractivity contribution in [2.24, 2.45) is 4.99 Å². The van der Waals surface area contributed by atoms with Gasteiger partial charge < -0.3 is 4.90 Å². The number of hydrogen-bond acceptors (Lipinski definition) is 5. The van der Waals surface area contributed by atoms with E-state index in [1.54, 1.807) is 24.1 Å². The molecule has 1 N–H and O–H groups in total. The van der Waals surface area contributed by atoms with Crippen LogP contribution in [0.3, 0.4) is 0 Å². The SMILES string of the molecule is Cc1ccc(N2C(c3ccc(F)cc3)=CN3C2=NC2C3C(=O)NC(=O)N2C)cc1. The van der Waals surface area contributed by atoms with Crippen molar-refractivity contribution >= 4 is 29.3 Å². The van der Waals surface area contributed by atoms with Crippen molar-refractivity contribution in [2.75, 3.05) is 11.9 Å². The Labute approximate surface area is 166 Å². The fourth-order valence-corrected chi connectivity index (χ4v) is 3.85. The Morgan fingerprint density at radius 1 is 1.03 bits per heavy atom. The normalized spacial score (nSPS) is 22.9. The van der Waals surface area contributed by atoms with Gasteiger partial charge in [-0.25, -0.2) is 14.2 Å². The summed E-state index contributed by atoms with van der Waals surface area (Å²) in [4.78, 5) is 34.4. The zero-order valence-corrected chi connectivity index (χ0v) is 15.8. The highest BCUT2D eigenvalue weighted by Gasteiger charge is 2.52. The number of hydrogen-bond donors (Lipinski definition) is 1. The Kier molecular flexibility index (Phi) is 3.70. The molecular weight excluding hydrogens is 373 g/mol. The number of carbonyl (C=O) groups excluding carboxylic acids is 2. The number of nitrogens with zero attached hydrogens (tertiary/aromatic N) is 4. The molecular formula is C21H18FN5O2. The van der Waals surface area contributed by atoms with Gasteiger partial charge in [-0.15, -0.1) is 0 Å². The standard InChI is InChI=1S/C21H18FN5O2/c1-12-3-9-15(10-4-12)27-16(13-5-7-14(22)8-6-13)11-26-17-18(23-20(26)27)25(2)21(29)24-19(17)28/h3-11,17-18H,1-2H3,(H,24,28,29). The molecule has 0 saturated carbocycles. The lowest BCUT2D eigenvalue weighted by atomic mass is 10.1. The number of halogens is 1. The first kappa shape index (κ1) is 17.4. The molecule has 0 bridgehead atoms. The van der Waals surface area contributed by atoms with E-state index in [-0.39, 0.29) is 5.82 Å². The van der Waals surface area contributed by atoms with Gasteiger partial charge in [-0.05, 0) is 43.3 Å². The van der Waals surface area contributed by atoms with Crippen molar-refractivity contribution in [1.29, 1.82) is 0 Å². The summed E-state index contributed by atoms with van der Waals surface area (Å²) >= 11 is 0. The summed E-state index contributed by atoms with van der Waals surface area (Å²) < 4.78 is 13.5. The molecule has 1 fully saturated rings. The minimum Gasteiger partial charge on any atom is -0.303 e. The van der Waals surface area contributed by atoms with Crippen molar-refractivity contribution in [2.45, 2.75) is 19.1 Å². The van der Waals surface area contributed by atoms with Crippen LogP contribution in [0.1, 0.15) is 11.1 Å². The van der Waals surface area contributed by atoms with Crippen LogP contribution in [0.25, 0.3) is 5.70 Å². The van der Waals surface area contributed by atoms with E-state index in [9.17, 15) is 14.0 Å². The molecule has 0 radical (unpaired) electrons. The Hall–Kier alpha value is -3.68. The second kappa shape index (κ2) is 6.16. The van der Waals surface area contributed by atoms with Crippen LogP contribution in [0.4, 0.5) is 14.9 Å². The molecule has 5 rings (SSSR count). The minimum atomic E-state index is -0.654. The van der Waals surface area contributed by atoms with E-state index in [1.807, 2.05) is 42.3 Å². The molecule has 0 spiro atoms. The first-order valence-electron chi connectivity index (χ1n) is 9.22. The molecule has 3 heterocycles.